The number of fused-ring (bicyclic) bond motifs is 2. The molecule has 0 aromatic heterocycles. The summed E-state index contributed by atoms with van der Waals surface area (Å²) in [6.45, 7) is 5.16. The molecular weight excluding hydrogens is 249 g/mol. The molecule has 2 heteroatoms. The van der Waals surface area contributed by atoms with Crippen LogP contribution in [0.25, 0.3) is 0 Å². The Bertz CT molecular complexity index is 148. The van der Waals surface area contributed by atoms with Crippen molar-refractivity contribution in [1.82, 2.24) is 0 Å². The Hall–Kier alpha value is 0.690. The van der Waals surface area contributed by atoms with Crippen LogP contribution < -0.4 is 24.0 Å². The Morgan fingerprint density at radius 1 is 1.36 bits per heavy atom. The molecule has 1 saturated carbocycles. The summed E-state index contributed by atoms with van der Waals surface area (Å²) < 4.78 is 1.38. The standard InChI is InChI=1S/C9H18N.HI/c1-3-10(2)7-8-4-5-9(10)6-8;/h8-9H,3-7H2,1-2H3;1H/q+1;/p-1/t8?,9?,10-;/m1./s1. The van der Waals surface area contributed by atoms with Gasteiger partial charge in [0.15, 0.2) is 0 Å². The summed E-state index contributed by atoms with van der Waals surface area (Å²) in [5, 5.41) is 0. The van der Waals surface area contributed by atoms with E-state index in [4.69, 9.17) is 0 Å². The molecule has 0 aromatic rings. The number of hydrogen-bond donors (Lipinski definition) is 0. The highest BCUT2D eigenvalue weighted by molar-refractivity contribution is 4.82. The molecule has 1 saturated heterocycles. The first-order valence-electron chi connectivity index (χ1n) is 4.59. The summed E-state index contributed by atoms with van der Waals surface area (Å²) >= 11 is 0. The van der Waals surface area contributed by atoms with Crippen LogP contribution in [0.3, 0.4) is 0 Å². The Labute approximate surface area is 86.8 Å². The zero-order valence-electron chi connectivity index (χ0n) is 7.52. The van der Waals surface area contributed by atoms with Crippen LogP contribution in [0, 0.1) is 5.92 Å². The van der Waals surface area contributed by atoms with Gasteiger partial charge in [0, 0.05) is 12.3 Å². The van der Waals surface area contributed by atoms with E-state index < -0.39 is 0 Å². The average molecular weight is 267 g/mol. The van der Waals surface area contributed by atoms with Crippen molar-refractivity contribution in [2.45, 2.75) is 32.2 Å². The normalized spacial score (nSPS) is 47.5. The molecule has 0 N–H and O–H groups in total. The molecule has 11 heavy (non-hydrogen) atoms. The van der Waals surface area contributed by atoms with Crippen molar-refractivity contribution in [3.63, 3.8) is 0 Å². The molecule has 2 fully saturated rings. The predicted octanol–water partition coefficient (Wildman–Crippen LogP) is -1.36. The van der Waals surface area contributed by atoms with Gasteiger partial charge in [-0.15, -0.1) is 0 Å². The largest absolute Gasteiger partial charge is 1.00 e. The van der Waals surface area contributed by atoms with Gasteiger partial charge >= 0.3 is 0 Å². The van der Waals surface area contributed by atoms with Gasteiger partial charge in [-0.25, -0.2) is 0 Å². The second kappa shape index (κ2) is 3.21. The summed E-state index contributed by atoms with van der Waals surface area (Å²) in [5.41, 5.74) is 0. The lowest BCUT2D eigenvalue weighted by molar-refractivity contribution is -0.924. The van der Waals surface area contributed by atoms with Crippen LogP contribution in [-0.4, -0.2) is 30.7 Å². The van der Waals surface area contributed by atoms with Crippen molar-refractivity contribution in [3.8, 4) is 0 Å². The third-order valence-electron chi connectivity index (χ3n) is 3.79. The molecule has 3 atom stereocenters. The molecule has 2 aliphatic rings. The number of likely N-dealkylation sites (tertiary alicyclic amines) is 1. The van der Waals surface area contributed by atoms with E-state index in [2.05, 4.69) is 14.0 Å². The van der Waals surface area contributed by atoms with E-state index in [1.54, 1.807) is 0 Å². The lowest BCUT2D eigenvalue weighted by Gasteiger charge is -2.37. The van der Waals surface area contributed by atoms with Gasteiger partial charge in [-0.1, -0.05) is 0 Å². The third kappa shape index (κ3) is 1.44. The summed E-state index contributed by atoms with van der Waals surface area (Å²) in [7, 11) is 2.43. The van der Waals surface area contributed by atoms with E-state index in [0.717, 1.165) is 12.0 Å². The van der Waals surface area contributed by atoms with Crippen LogP contribution in [-0.2, 0) is 0 Å². The summed E-state index contributed by atoms with van der Waals surface area (Å²) in [6.07, 6.45) is 4.57. The molecule has 0 amide bonds. The topological polar surface area (TPSA) is 0 Å². The van der Waals surface area contributed by atoms with Crippen molar-refractivity contribution in [2.24, 2.45) is 5.92 Å². The smallest absolute Gasteiger partial charge is 0.0893 e. The zero-order chi connectivity index (χ0) is 7.19. The number of quaternary nitrogens is 1. The fourth-order valence-electron chi connectivity index (χ4n) is 2.91. The van der Waals surface area contributed by atoms with Gasteiger partial charge in [0.25, 0.3) is 0 Å². The summed E-state index contributed by atoms with van der Waals surface area (Å²) in [5.74, 6) is 1.09. The Kier molecular flexibility index (Phi) is 2.85. The highest BCUT2D eigenvalue weighted by Crippen LogP contribution is 2.41. The molecular formula is C9H18IN. The lowest BCUT2D eigenvalue weighted by Crippen LogP contribution is -3.00. The van der Waals surface area contributed by atoms with Gasteiger partial charge in [-0.2, -0.15) is 0 Å². The van der Waals surface area contributed by atoms with Gasteiger partial charge < -0.3 is 28.5 Å². The van der Waals surface area contributed by atoms with Gasteiger partial charge in [0.05, 0.1) is 26.2 Å². The van der Waals surface area contributed by atoms with Crippen LogP contribution >= 0.6 is 0 Å². The number of piperidine rings is 1. The maximum atomic E-state index is 2.43. The van der Waals surface area contributed by atoms with E-state index >= 15 is 0 Å². The molecule has 0 aromatic carbocycles. The van der Waals surface area contributed by atoms with Crippen molar-refractivity contribution in [2.75, 3.05) is 20.1 Å². The zero-order valence-corrected chi connectivity index (χ0v) is 9.67. The second-order valence-corrected chi connectivity index (χ2v) is 4.31. The quantitative estimate of drug-likeness (QED) is 0.407. The summed E-state index contributed by atoms with van der Waals surface area (Å²) in [4.78, 5) is 0. The van der Waals surface area contributed by atoms with Crippen molar-refractivity contribution < 1.29 is 28.5 Å². The van der Waals surface area contributed by atoms with Crippen LogP contribution in [0.1, 0.15) is 26.2 Å². The highest BCUT2D eigenvalue weighted by Gasteiger charge is 2.47. The maximum Gasteiger partial charge on any atom is 0.0893 e. The molecule has 0 spiro atoms. The highest BCUT2D eigenvalue weighted by atomic mass is 127. The monoisotopic (exact) mass is 267 g/mol. The first kappa shape index (κ1) is 9.78. The van der Waals surface area contributed by atoms with E-state index in [-0.39, 0.29) is 24.0 Å². The molecule has 66 valence electrons. The number of hydrogen-bond acceptors (Lipinski definition) is 0. The molecule has 1 aliphatic heterocycles. The molecule has 1 heterocycles. The van der Waals surface area contributed by atoms with Crippen LogP contribution in [0.5, 0.6) is 0 Å². The second-order valence-electron chi connectivity index (χ2n) is 4.31. The van der Waals surface area contributed by atoms with Crippen LogP contribution in [0.2, 0.25) is 0 Å². The van der Waals surface area contributed by atoms with Crippen molar-refractivity contribution in [1.29, 1.82) is 0 Å². The van der Waals surface area contributed by atoms with Gasteiger partial charge in [0.2, 0.25) is 0 Å². The third-order valence-corrected chi connectivity index (χ3v) is 3.79. The lowest BCUT2D eigenvalue weighted by atomic mass is 10.1. The van der Waals surface area contributed by atoms with Crippen molar-refractivity contribution >= 4 is 0 Å². The Morgan fingerprint density at radius 2 is 2.09 bits per heavy atom. The SMILES string of the molecule is CC[N@+]1(C)CC2CCC1C2.[I-]. The molecule has 2 bridgehead atoms. The van der Waals surface area contributed by atoms with E-state index in [1.165, 1.54) is 36.8 Å². The van der Waals surface area contributed by atoms with E-state index in [0.29, 0.717) is 0 Å². The number of halogens is 1. The van der Waals surface area contributed by atoms with Crippen molar-refractivity contribution in [3.05, 3.63) is 0 Å². The molecule has 2 rings (SSSR count). The van der Waals surface area contributed by atoms with E-state index in [1.807, 2.05) is 0 Å². The number of nitrogens with zero attached hydrogens (tertiary/aromatic N) is 1. The minimum absolute atomic E-state index is 0. The van der Waals surface area contributed by atoms with E-state index in [9.17, 15) is 0 Å². The number of rotatable bonds is 1. The molecule has 2 unspecified atom stereocenters. The van der Waals surface area contributed by atoms with Crippen LogP contribution in [0.4, 0.5) is 0 Å². The first-order valence-corrected chi connectivity index (χ1v) is 4.59. The first-order chi connectivity index (χ1) is 4.74. The Morgan fingerprint density at radius 3 is 2.36 bits per heavy atom. The average Bonchev–Trinajstić information content (AvgIpc) is 2.46. The Balaban J connectivity index is 0.000000605. The predicted molar refractivity (Wildman–Crippen MR) is 42.7 cm³/mol. The van der Waals surface area contributed by atoms with Gasteiger partial charge in [0.1, 0.15) is 0 Å². The minimum atomic E-state index is 0. The summed E-state index contributed by atoms with van der Waals surface area (Å²) in [6, 6.07) is 1.04. The molecule has 0 radical (unpaired) electrons. The van der Waals surface area contributed by atoms with Gasteiger partial charge in [-0.05, 0) is 19.8 Å². The fourth-order valence-corrected chi connectivity index (χ4v) is 2.91. The van der Waals surface area contributed by atoms with Gasteiger partial charge in [-0.3, -0.25) is 0 Å². The minimum Gasteiger partial charge on any atom is -1.00 e. The van der Waals surface area contributed by atoms with Crippen LogP contribution in [0.15, 0.2) is 0 Å². The fraction of sp³-hybridized carbons (Fsp3) is 1.00. The molecule has 1 nitrogen and oxygen atoms in total. The molecule has 1 aliphatic carbocycles. The maximum absolute atomic E-state index is 2.43.